The first kappa shape index (κ1) is 27.2. The first-order chi connectivity index (χ1) is 23.2. The van der Waals surface area contributed by atoms with Crippen molar-refractivity contribution in [1.29, 1.82) is 0 Å². The lowest BCUT2D eigenvalue weighted by atomic mass is 9.74. The Bertz CT molecular complexity index is 2520. The molecular formula is C45H30N2. The van der Waals surface area contributed by atoms with Crippen molar-refractivity contribution >= 4 is 43.7 Å². The molecule has 2 heterocycles. The minimum Gasteiger partial charge on any atom is -0.254 e. The maximum absolute atomic E-state index is 5.05. The highest BCUT2D eigenvalue weighted by atomic mass is 14.7. The number of pyridine rings is 2. The number of aromatic nitrogens is 2. The molecule has 0 amide bonds. The monoisotopic (exact) mass is 598 g/mol. The van der Waals surface area contributed by atoms with Crippen LogP contribution in [0.15, 0.2) is 171 Å². The van der Waals surface area contributed by atoms with Gasteiger partial charge >= 0.3 is 0 Å². The molecule has 2 nitrogen and oxygen atoms in total. The van der Waals surface area contributed by atoms with E-state index in [1.54, 1.807) is 0 Å². The highest BCUT2D eigenvalue weighted by Gasteiger charge is 2.27. The van der Waals surface area contributed by atoms with E-state index in [-0.39, 0.29) is 5.92 Å². The summed E-state index contributed by atoms with van der Waals surface area (Å²) in [4.78, 5) is 9.68. The van der Waals surface area contributed by atoms with E-state index in [0.717, 1.165) is 38.6 Å². The summed E-state index contributed by atoms with van der Waals surface area (Å²) < 4.78 is 0. The van der Waals surface area contributed by atoms with Gasteiger partial charge in [-0.2, -0.15) is 0 Å². The molecule has 9 rings (SSSR count). The SMILES string of the molecule is C=C1c2ccc3ccccc3c2C(c2ccccc2)=CC1c1cccc(-c2ccc(-c3ccc4ccc5cccnc5c4n3)cc2)c1. The molecule has 0 spiro atoms. The minimum absolute atomic E-state index is 0.0586. The van der Waals surface area contributed by atoms with E-state index in [2.05, 4.69) is 163 Å². The van der Waals surface area contributed by atoms with Gasteiger partial charge in [0.25, 0.3) is 0 Å². The van der Waals surface area contributed by atoms with Gasteiger partial charge in [-0.1, -0.05) is 152 Å². The molecular weight excluding hydrogens is 569 g/mol. The first-order valence-electron chi connectivity index (χ1n) is 16.1. The Labute approximate surface area is 274 Å². The number of allylic oxidation sites excluding steroid dienone is 2. The summed E-state index contributed by atoms with van der Waals surface area (Å²) in [6, 6.07) is 54.1. The van der Waals surface area contributed by atoms with Gasteiger partial charge in [0.15, 0.2) is 0 Å². The van der Waals surface area contributed by atoms with Crippen LogP contribution in [0.25, 0.3) is 66.1 Å². The van der Waals surface area contributed by atoms with Crippen LogP contribution in [0.3, 0.4) is 0 Å². The summed E-state index contributed by atoms with van der Waals surface area (Å²) in [7, 11) is 0. The fourth-order valence-corrected chi connectivity index (χ4v) is 7.13. The van der Waals surface area contributed by atoms with Gasteiger partial charge in [0.05, 0.1) is 16.7 Å². The maximum Gasteiger partial charge on any atom is 0.0972 e. The summed E-state index contributed by atoms with van der Waals surface area (Å²) in [5.41, 5.74) is 13.6. The van der Waals surface area contributed by atoms with E-state index in [1.165, 1.54) is 49.7 Å². The topological polar surface area (TPSA) is 25.8 Å². The summed E-state index contributed by atoms with van der Waals surface area (Å²) in [6.07, 6.45) is 4.25. The van der Waals surface area contributed by atoms with Crippen molar-refractivity contribution in [1.82, 2.24) is 9.97 Å². The summed E-state index contributed by atoms with van der Waals surface area (Å²) in [5, 5.41) is 4.70. The van der Waals surface area contributed by atoms with Crippen LogP contribution < -0.4 is 0 Å². The van der Waals surface area contributed by atoms with Crippen LogP contribution in [0.5, 0.6) is 0 Å². The number of hydrogen-bond acceptors (Lipinski definition) is 2. The molecule has 0 saturated carbocycles. The van der Waals surface area contributed by atoms with Gasteiger partial charge in [0, 0.05) is 28.5 Å². The fourth-order valence-electron chi connectivity index (χ4n) is 7.13. The molecule has 6 aromatic carbocycles. The third-order valence-electron chi connectivity index (χ3n) is 9.53. The Balaban J connectivity index is 1.09. The molecule has 1 aliphatic rings. The van der Waals surface area contributed by atoms with Crippen molar-refractivity contribution in [2.75, 3.05) is 0 Å². The van der Waals surface area contributed by atoms with Crippen LogP contribution in [0.2, 0.25) is 0 Å². The van der Waals surface area contributed by atoms with Crippen molar-refractivity contribution in [3.63, 3.8) is 0 Å². The van der Waals surface area contributed by atoms with Gasteiger partial charge < -0.3 is 0 Å². The molecule has 8 aromatic rings. The molecule has 0 bridgehead atoms. The highest BCUT2D eigenvalue weighted by Crippen LogP contribution is 2.47. The van der Waals surface area contributed by atoms with Crippen LogP contribution in [-0.2, 0) is 0 Å². The largest absolute Gasteiger partial charge is 0.254 e. The molecule has 1 atom stereocenters. The molecule has 2 aromatic heterocycles. The van der Waals surface area contributed by atoms with Crippen LogP contribution in [-0.4, -0.2) is 9.97 Å². The minimum atomic E-state index is 0.0586. The zero-order valence-electron chi connectivity index (χ0n) is 25.8. The van der Waals surface area contributed by atoms with Crippen LogP contribution >= 0.6 is 0 Å². The summed E-state index contributed by atoms with van der Waals surface area (Å²) in [5.74, 6) is 0.0586. The zero-order valence-corrected chi connectivity index (χ0v) is 25.8. The molecule has 47 heavy (non-hydrogen) atoms. The predicted molar refractivity (Wildman–Crippen MR) is 197 cm³/mol. The van der Waals surface area contributed by atoms with E-state index in [4.69, 9.17) is 4.98 Å². The van der Waals surface area contributed by atoms with Crippen LogP contribution in [0.4, 0.5) is 0 Å². The molecule has 1 aliphatic carbocycles. The van der Waals surface area contributed by atoms with Gasteiger partial charge in [-0.3, -0.25) is 4.98 Å². The van der Waals surface area contributed by atoms with Crippen molar-refractivity contribution in [3.8, 4) is 22.4 Å². The van der Waals surface area contributed by atoms with Crippen molar-refractivity contribution in [2.45, 2.75) is 5.92 Å². The van der Waals surface area contributed by atoms with E-state index >= 15 is 0 Å². The number of nitrogens with zero attached hydrogens (tertiary/aromatic N) is 2. The van der Waals surface area contributed by atoms with E-state index in [1.807, 2.05) is 12.3 Å². The van der Waals surface area contributed by atoms with E-state index in [9.17, 15) is 0 Å². The molecule has 0 N–H and O–H groups in total. The van der Waals surface area contributed by atoms with Crippen molar-refractivity contribution in [3.05, 3.63) is 193 Å². The molecule has 0 saturated heterocycles. The lowest BCUT2D eigenvalue weighted by Gasteiger charge is -2.29. The van der Waals surface area contributed by atoms with Crippen LogP contribution in [0.1, 0.15) is 28.2 Å². The van der Waals surface area contributed by atoms with Gasteiger partial charge in [0.1, 0.15) is 0 Å². The quantitative estimate of drug-likeness (QED) is 0.188. The number of hydrogen-bond donors (Lipinski definition) is 0. The Kier molecular flexibility index (Phi) is 6.39. The zero-order chi connectivity index (χ0) is 31.3. The second-order valence-electron chi connectivity index (χ2n) is 12.3. The van der Waals surface area contributed by atoms with Gasteiger partial charge in [-0.15, -0.1) is 0 Å². The Hall–Kier alpha value is -6.12. The van der Waals surface area contributed by atoms with Gasteiger partial charge in [-0.05, 0) is 67.4 Å². The third kappa shape index (κ3) is 4.65. The summed E-state index contributed by atoms with van der Waals surface area (Å²) in [6.45, 7) is 4.68. The van der Waals surface area contributed by atoms with Gasteiger partial charge in [-0.25, -0.2) is 4.98 Å². The molecule has 0 aliphatic heterocycles. The number of benzene rings is 6. The first-order valence-corrected chi connectivity index (χ1v) is 16.1. The van der Waals surface area contributed by atoms with Crippen LogP contribution in [0, 0.1) is 0 Å². The number of fused-ring (bicyclic) bond motifs is 6. The molecule has 1 unspecified atom stereocenters. The van der Waals surface area contributed by atoms with Crippen molar-refractivity contribution in [2.24, 2.45) is 0 Å². The molecule has 0 fully saturated rings. The smallest absolute Gasteiger partial charge is 0.0972 e. The predicted octanol–water partition coefficient (Wildman–Crippen LogP) is 11.5. The standard InChI is InChI=1S/C45H30N2/c1-29-38-24-22-32-11-5-6-15-39(32)43(38)41(31-9-3-2-4-10-31)28-40(29)37-13-7-12-36(27-37)30-16-18-33(19-17-30)42-25-23-35-21-20-34-14-8-26-46-44(34)45(35)47-42/h2-28,40H,1H2. The Morgan fingerprint density at radius 3 is 2.09 bits per heavy atom. The lowest BCUT2D eigenvalue weighted by molar-refractivity contribution is 1.09. The average Bonchev–Trinajstić information content (AvgIpc) is 3.15. The van der Waals surface area contributed by atoms with E-state index < -0.39 is 0 Å². The average molecular weight is 599 g/mol. The second kappa shape index (κ2) is 11.0. The molecule has 220 valence electrons. The van der Waals surface area contributed by atoms with Gasteiger partial charge in [0.2, 0.25) is 0 Å². The number of rotatable bonds is 4. The van der Waals surface area contributed by atoms with Crippen molar-refractivity contribution < 1.29 is 0 Å². The third-order valence-corrected chi connectivity index (χ3v) is 9.53. The second-order valence-corrected chi connectivity index (χ2v) is 12.3. The maximum atomic E-state index is 5.05. The lowest BCUT2D eigenvalue weighted by Crippen LogP contribution is -2.09. The van der Waals surface area contributed by atoms with E-state index in [0.29, 0.717) is 0 Å². The Morgan fingerprint density at radius 2 is 1.21 bits per heavy atom. The fraction of sp³-hybridized carbons (Fsp3) is 0.0222. The highest BCUT2D eigenvalue weighted by molar-refractivity contribution is 6.06. The molecule has 0 radical (unpaired) electrons. The normalized spacial score (nSPS) is 14.3. The molecule has 2 heteroatoms. The Morgan fingerprint density at radius 1 is 0.511 bits per heavy atom. The summed E-state index contributed by atoms with van der Waals surface area (Å²) >= 11 is 0.